The molecule has 0 aromatic carbocycles. The molecule has 1 heterocycles. The number of hydrogen-bond acceptors (Lipinski definition) is 10. The summed E-state index contributed by atoms with van der Waals surface area (Å²) in [6, 6.07) is 0. The van der Waals surface area contributed by atoms with Crippen LogP contribution >= 0.6 is 0 Å². The van der Waals surface area contributed by atoms with Crippen molar-refractivity contribution >= 4 is 5.78 Å². The fraction of sp³-hybridized carbons (Fsp3) is 0.909. The van der Waals surface area contributed by atoms with Crippen molar-refractivity contribution < 1.29 is 50.0 Å². The summed E-state index contributed by atoms with van der Waals surface area (Å²) in [4.78, 5) is 13.4. The van der Waals surface area contributed by atoms with Gasteiger partial charge in [0.15, 0.2) is 12.1 Å². The summed E-state index contributed by atoms with van der Waals surface area (Å²) in [6.45, 7) is 9.53. The minimum atomic E-state index is -1.17. The number of fused-ring (bicyclic) bond motifs is 5. The van der Waals surface area contributed by atoms with Gasteiger partial charge in [-0.25, -0.2) is 0 Å². The lowest BCUT2D eigenvalue weighted by Crippen LogP contribution is -2.61. The van der Waals surface area contributed by atoms with Gasteiger partial charge in [0.25, 0.3) is 0 Å². The van der Waals surface area contributed by atoms with Crippen molar-refractivity contribution in [2.24, 2.45) is 34.5 Å². The monoisotopic (exact) mass is 610 g/mol. The zero-order valence-corrected chi connectivity index (χ0v) is 26.4. The van der Waals surface area contributed by atoms with E-state index in [-0.39, 0.29) is 42.3 Å². The van der Waals surface area contributed by atoms with Crippen LogP contribution in [-0.4, -0.2) is 102 Å². The molecule has 10 heteroatoms. The largest absolute Gasteiger partial charge is 0.394 e. The van der Waals surface area contributed by atoms with Crippen molar-refractivity contribution in [3.8, 4) is 0 Å². The molecule has 1 aliphatic heterocycles. The van der Waals surface area contributed by atoms with Gasteiger partial charge in [-0.15, -0.1) is 0 Å². The average Bonchev–Trinajstić information content (AvgIpc) is 3.21. The number of hydrogen-bond donors (Lipinski definition) is 7. The Hall–Kier alpha value is -0.950. The Morgan fingerprint density at radius 1 is 1.05 bits per heavy atom. The first-order valence-corrected chi connectivity index (χ1v) is 16.3. The fourth-order valence-corrected chi connectivity index (χ4v) is 9.84. The number of ether oxygens (including phenoxy) is 2. The molecule has 246 valence electrons. The molecule has 14 atom stereocenters. The van der Waals surface area contributed by atoms with Crippen LogP contribution in [0, 0.1) is 34.5 Å². The van der Waals surface area contributed by atoms with Gasteiger partial charge in [-0.3, -0.25) is 4.79 Å². The summed E-state index contributed by atoms with van der Waals surface area (Å²) in [5.41, 5.74) is -2.13. The smallest absolute Gasteiger partial charge is 0.161 e. The van der Waals surface area contributed by atoms with Crippen LogP contribution in [0.15, 0.2) is 11.6 Å². The minimum absolute atomic E-state index is 0.0291. The molecule has 0 amide bonds. The van der Waals surface area contributed by atoms with Crippen molar-refractivity contribution in [1.29, 1.82) is 0 Å². The van der Waals surface area contributed by atoms with E-state index < -0.39 is 71.6 Å². The number of carbonyl (C=O) groups is 1. The van der Waals surface area contributed by atoms with Crippen LogP contribution in [0.2, 0.25) is 0 Å². The molecule has 5 aliphatic rings. The normalized spacial score (nSPS) is 48.1. The van der Waals surface area contributed by atoms with E-state index >= 15 is 0 Å². The van der Waals surface area contributed by atoms with Crippen LogP contribution < -0.4 is 0 Å². The fourth-order valence-electron chi connectivity index (χ4n) is 9.84. The lowest BCUT2D eigenvalue weighted by Gasteiger charge is -2.60. The zero-order chi connectivity index (χ0) is 31.7. The van der Waals surface area contributed by atoms with Crippen LogP contribution in [0.3, 0.4) is 0 Å². The molecule has 1 unspecified atom stereocenters. The van der Waals surface area contributed by atoms with Gasteiger partial charge in [0, 0.05) is 17.8 Å². The zero-order valence-electron chi connectivity index (χ0n) is 26.4. The van der Waals surface area contributed by atoms with Gasteiger partial charge in [0.1, 0.15) is 12.2 Å². The Labute approximate surface area is 255 Å². The van der Waals surface area contributed by atoms with Crippen LogP contribution in [0.5, 0.6) is 0 Å². The Bertz CT molecular complexity index is 1080. The van der Waals surface area contributed by atoms with Crippen molar-refractivity contribution in [2.45, 2.75) is 147 Å². The molecule has 0 radical (unpaired) electrons. The molecule has 0 spiro atoms. The molecule has 0 aromatic heterocycles. The lowest BCUT2D eigenvalue weighted by atomic mass is 9.46. The maximum absolute atomic E-state index is 13.4. The van der Waals surface area contributed by atoms with Crippen molar-refractivity contribution in [3.05, 3.63) is 11.6 Å². The standard InChI is InChI=1S/C33H54O10/c1-17(22(35)8-9-30(2,3)43-28-14-25(38)29(40)27(16-34)42-28)18-7-11-33(41)20-12-23(36)21-13-24(37)26(39)15-31(21,4)19(20)6-10-32(18,33)5/h12,17-19,21-22,24-29,34-35,37-41H,6-11,13-16H2,1-5H3/t17-,18+,19-,21-,22?,24+,25+,26-,27+,28-,29-,31+,32+,33+/m0/s1. The predicted molar refractivity (Wildman–Crippen MR) is 156 cm³/mol. The Morgan fingerprint density at radius 3 is 2.42 bits per heavy atom. The summed E-state index contributed by atoms with van der Waals surface area (Å²) < 4.78 is 11.8. The number of aliphatic hydroxyl groups is 7. The molecule has 7 N–H and O–H groups in total. The third-order valence-electron chi connectivity index (χ3n) is 12.6. The van der Waals surface area contributed by atoms with Crippen LogP contribution in [0.4, 0.5) is 0 Å². The molecule has 43 heavy (non-hydrogen) atoms. The maximum Gasteiger partial charge on any atom is 0.161 e. The molecule has 4 aliphatic carbocycles. The third-order valence-corrected chi connectivity index (χ3v) is 12.6. The Morgan fingerprint density at radius 2 is 1.74 bits per heavy atom. The van der Waals surface area contributed by atoms with Gasteiger partial charge < -0.3 is 45.2 Å². The maximum atomic E-state index is 13.4. The van der Waals surface area contributed by atoms with E-state index in [1.807, 2.05) is 27.7 Å². The summed E-state index contributed by atoms with van der Waals surface area (Å²) in [7, 11) is 0. The highest BCUT2D eigenvalue weighted by molar-refractivity contribution is 5.95. The molecule has 0 bridgehead atoms. The average molecular weight is 611 g/mol. The molecule has 1 saturated heterocycles. The first kappa shape index (κ1) is 33.4. The third kappa shape index (κ3) is 5.57. The van der Waals surface area contributed by atoms with E-state index in [1.54, 1.807) is 6.08 Å². The SMILES string of the molecule is C[C@H](C(O)CCC(C)(C)O[C@H]1C[C@@H](O)[C@H](O)[C@@H](CO)O1)[C@H]1CC[C@@]2(O)C3=CC(=O)[C@@H]4C[C@@H](O)[C@@H](O)C[C@]4(C)[C@H]3CC[C@]12C. The van der Waals surface area contributed by atoms with E-state index in [1.165, 1.54) is 0 Å². The molecular weight excluding hydrogens is 556 g/mol. The second kappa shape index (κ2) is 11.7. The molecular formula is C33H54O10. The minimum Gasteiger partial charge on any atom is -0.394 e. The number of allylic oxidation sites excluding steroid dienone is 1. The predicted octanol–water partition coefficient (Wildman–Crippen LogP) is 1.59. The quantitative estimate of drug-likeness (QED) is 0.214. The van der Waals surface area contributed by atoms with E-state index in [4.69, 9.17) is 9.47 Å². The first-order chi connectivity index (χ1) is 20.0. The second-order valence-electron chi connectivity index (χ2n) is 15.6. The van der Waals surface area contributed by atoms with Gasteiger partial charge in [0.2, 0.25) is 0 Å². The molecule has 10 nitrogen and oxygen atoms in total. The van der Waals surface area contributed by atoms with Crippen LogP contribution in [0.1, 0.15) is 92.4 Å². The van der Waals surface area contributed by atoms with E-state index in [0.717, 1.165) is 24.8 Å². The number of aliphatic hydroxyl groups excluding tert-OH is 6. The highest BCUT2D eigenvalue weighted by Crippen LogP contribution is 2.68. The number of carbonyl (C=O) groups excluding carboxylic acids is 1. The summed E-state index contributed by atoms with van der Waals surface area (Å²) >= 11 is 0. The lowest BCUT2D eigenvalue weighted by molar-refractivity contribution is -0.285. The summed E-state index contributed by atoms with van der Waals surface area (Å²) in [6.07, 6.45) is -0.359. The molecule has 3 saturated carbocycles. The van der Waals surface area contributed by atoms with Crippen LogP contribution in [-0.2, 0) is 14.3 Å². The highest BCUT2D eigenvalue weighted by Gasteiger charge is 2.67. The van der Waals surface area contributed by atoms with E-state index in [9.17, 15) is 40.5 Å². The van der Waals surface area contributed by atoms with Crippen molar-refractivity contribution in [1.82, 2.24) is 0 Å². The van der Waals surface area contributed by atoms with Gasteiger partial charge in [-0.1, -0.05) is 20.8 Å². The van der Waals surface area contributed by atoms with Gasteiger partial charge in [-0.05, 0) is 100 Å². The first-order valence-electron chi connectivity index (χ1n) is 16.3. The van der Waals surface area contributed by atoms with E-state index in [2.05, 4.69) is 6.92 Å². The van der Waals surface area contributed by atoms with Gasteiger partial charge in [0.05, 0.1) is 42.2 Å². The second-order valence-corrected chi connectivity index (χ2v) is 15.6. The topological polar surface area (TPSA) is 177 Å². The Balaban J connectivity index is 1.26. The van der Waals surface area contributed by atoms with Crippen molar-refractivity contribution in [2.75, 3.05) is 6.61 Å². The van der Waals surface area contributed by atoms with Crippen molar-refractivity contribution in [3.63, 3.8) is 0 Å². The highest BCUT2D eigenvalue weighted by atomic mass is 16.7. The number of ketones is 1. The van der Waals surface area contributed by atoms with E-state index in [0.29, 0.717) is 25.7 Å². The Kier molecular flexibility index (Phi) is 9.08. The van der Waals surface area contributed by atoms with Crippen LogP contribution in [0.25, 0.3) is 0 Å². The molecule has 5 rings (SSSR count). The van der Waals surface area contributed by atoms with Gasteiger partial charge >= 0.3 is 0 Å². The van der Waals surface area contributed by atoms with Gasteiger partial charge in [-0.2, -0.15) is 0 Å². The molecule has 0 aromatic rings. The summed E-state index contributed by atoms with van der Waals surface area (Å²) in [5.74, 6) is -0.563. The molecule has 4 fully saturated rings. The summed E-state index contributed by atoms with van der Waals surface area (Å²) in [5, 5.41) is 74.4. The number of rotatable bonds is 8.